The van der Waals surface area contributed by atoms with E-state index in [0.717, 1.165) is 0 Å². The van der Waals surface area contributed by atoms with Gasteiger partial charge in [-0.25, -0.2) is 0 Å². The summed E-state index contributed by atoms with van der Waals surface area (Å²) >= 11 is 5.87. The Bertz CT molecular complexity index is 361. The molecule has 4 heteroatoms. The number of Topliss-reactive ketones (excluding diaryl/α,β-unsaturated/α-hetero) is 1. The Morgan fingerprint density at radius 1 is 1.21 bits per heavy atom. The van der Waals surface area contributed by atoms with Crippen molar-refractivity contribution in [3.8, 4) is 11.5 Å². The first-order valence-electron chi connectivity index (χ1n) is 4.03. The molecular formula is C10H11ClO3. The van der Waals surface area contributed by atoms with Crippen molar-refractivity contribution < 1.29 is 14.3 Å². The van der Waals surface area contributed by atoms with Gasteiger partial charge in [0.25, 0.3) is 0 Å². The molecule has 0 N–H and O–H groups in total. The van der Waals surface area contributed by atoms with E-state index in [1.807, 2.05) is 0 Å². The van der Waals surface area contributed by atoms with Crippen LogP contribution in [0.3, 0.4) is 0 Å². The molecule has 0 fully saturated rings. The Hall–Kier alpha value is -1.22. The molecule has 0 unspecified atom stereocenters. The van der Waals surface area contributed by atoms with E-state index in [1.54, 1.807) is 12.1 Å². The van der Waals surface area contributed by atoms with Crippen LogP contribution in [-0.4, -0.2) is 20.0 Å². The van der Waals surface area contributed by atoms with Crippen LogP contribution < -0.4 is 9.47 Å². The molecule has 1 rings (SSSR count). The van der Waals surface area contributed by atoms with Gasteiger partial charge < -0.3 is 9.47 Å². The van der Waals surface area contributed by atoms with E-state index in [-0.39, 0.29) is 5.78 Å². The molecule has 0 aliphatic rings. The van der Waals surface area contributed by atoms with Crippen LogP contribution in [0.5, 0.6) is 11.5 Å². The smallest absolute Gasteiger partial charge is 0.180 e. The van der Waals surface area contributed by atoms with Crippen molar-refractivity contribution in [1.29, 1.82) is 0 Å². The molecule has 1 aromatic carbocycles. The van der Waals surface area contributed by atoms with Gasteiger partial charge in [0.05, 0.1) is 24.8 Å². The minimum absolute atomic E-state index is 0.0863. The van der Waals surface area contributed by atoms with Gasteiger partial charge in [0, 0.05) is 0 Å². The zero-order valence-corrected chi connectivity index (χ0v) is 9.01. The number of halogens is 1. The maximum Gasteiger partial charge on any atom is 0.180 e. The Kier molecular flexibility index (Phi) is 3.36. The van der Waals surface area contributed by atoms with Crippen LogP contribution in [0.4, 0.5) is 0 Å². The summed E-state index contributed by atoms with van der Waals surface area (Å²) in [4.78, 5) is 11.2. The molecule has 0 bridgehead atoms. The van der Waals surface area contributed by atoms with E-state index in [1.165, 1.54) is 21.1 Å². The van der Waals surface area contributed by atoms with Crippen molar-refractivity contribution in [2.45, 2.75) is 6.92 Å². The maximum absolute atomic E-state index is 11.2. The van der Waals surface area contributed by atoms with Crippen LogP contribution in [0.25, 0.3) is 0 Å². The lowest BCUT2D eigenvalue weighted by Gasteiger charge is -2.11. The van der Waals surface area contributed by atoms with Crippen molar-refractivity contribution in [1.82, 2.24) is 0 Å². The molecular weight excluding hydrogens is 204 g/mol. The molecule has 0 spiro atoms. The molecule has 0 atom stereocenters. The number of carbonyl (C=O) groups is 1. The van der Waals surface area contributed by atoms with E-state index in [9.17, 15) is 4.79 Å². The molecule has 1 aromatic rings. The molecule has 0 aliphatic carbocycles. The van der Waals surface area contributed by atoms with Crippen LogP contribution in [0, 0.1) is 0 Å². The third kappa shape index (κ3) is 1.82. The first-order valence-corrected chi connectivity index (χ1v) is 4.41. The van der Waals surface area contributed by atoms with E-state index in [2.05, 4.69) is 0 Å². The lowest BCUT2D eigenvalue weighted by atomic mass is 10.1. The lowest BCUT2D eigenvalue weighted by Crippen LogP contribution is -2.00. The summed E-state index contributed by atoms with van der Waals surface area (Å²) in [5.74, 6) is 0.686. The number of ketones is 1. The van der Waals surface area contributed by atoms with Crippen LogP contribution in [0.15, 0.2) is 12.1 Å². The summed E-state index contributed by atoms with van der Waals surface area (Å²) in [6.07, 6.45) is 0. The third-order valence-corrected chi connectivity index (χ3v) is 2.15. The Balaban J connectivity index is 3.40. The monoisotopic (exact) mass is 214 g/mol. The second-order valence-electron chi connectivity index (χ2n) is 2.72. The van der Waals surface area contributed by atoms with Crippen LogP contribution in [0.1, 0.15) is 17.3 Å². The third-order valence-electron chi connectivity index (χ3n) is 1.85. The molecule has 0 saturated heterocycles. The van der Waals surface area contributed by atoms with Crippen molar-refractivity contribution in [2.75, 3.05) is 14.2 Å². The average molecular weight is 215 g/mol. The van der Waals surface area contributed by atoms with E-state index >= 15 is 0 Å². The first kappa shape index (κ1) is 10.9. The number of hydrogen-bond acceptors (Lipinski definition) is 3. The van der Waals surface area contributed by atoms with Gasteiger partial charge in [-0.2, -0.15) is 0 Å². The predicted molar refractivity (Wildman–Crippen MR) is 54.6 cm³/mol. The quantitative estimate of drug-likeness (QED) is 0.726. The summed E-state index contributed by atoms with van der Waals surface area (Å²) in [6, 6.07) is 3.23. The SMILES string of the molecule is COc1c(Cl)ccc(C(C)=O)c1OC. The van der Waals surface area contributed by atoms with Crippen molar-refractivity contribution in [2.24, 2.45) is 0 Å². The van der Waals surface area contributed by atoms with Crippen molar-refractivity contribution in [3.63, 3.8) is 0 Å². The number of carbonyl (C=O) groups excluding carboxylic acids is 1. The number of benzene rings is 1. The fourth-order valence-corrected chi connectivity index (χ4v) is 1.43. The Morgan fingerprint density at radius 3 is 2.21 bits per heavy atom. The molecule has 0 aromatic heterocycles. The largest absolute Gasteiger partial charge is 0.492 e. The van der Waals surface area contributed by atoms with E-state index in [0.29, 0.717) is 22.1 Å². The minimum Gasteiger partial charge on any atom is -0.492 e. The zero-order valence-electron chi connectivity index (χ0n) is 8.26. The van der Waals surface area contributed by atoms with Gasteiger partial charge in [-0.3, -0.25) is 4.79 Å². The average Bonchev–Trinajstić information content (AvgIpc) is 2.16. The van der Waals surface area contributed by atoms with Gasteiger partial charge in [0.15, 0.2) is 17.3 Å². The molecule has 76 valence electrons. The second kappa shape index (κ2) is 4.33. The molecule has 0 amide bonds. The fourth-order valence-electron chi connectivity index (χ4n) is 1.21. The number of ether oxygens (including phenoxy) is 2. The summed E-state index contributed by atoms with van der Waals surface area (Å²) < 4.78 is 10.1. The second-order valence-corrected chi connectivity index (χ2v) is 3.12. The van der Waals surface area contributed by atoms with Crippen molar-refractivity contribution in [3.05, 3.63) is 22.7 Å². The highest BCUT2D eigenvalue weighted by Crippen LogP contribution is 2.37. The Labute approximate surface area is 87.6 Å². The number of rotatable bonds is 3. The molecule has 0 heterocycles. The highest BCUT2D eigenvalue weighted by molar-refractivity contribution is 6.32. The molecule has 0 radical (unpaired) electrons. The lowest BCUT2D eigenvalue weighted by molar-refractivity contribution is 0.101. The minimum atomic E-state index is -0.0863. The van der Waals surface area contributed by atoms with Gasteiger partial charge in [0.2, 0.25) is 0 Å². The van der Waals surface area contributed by atoms with Gasteiger partial charge in [-0.15, -0.1) is 0 Å². The molecule has 0 saturated carbocycles. The van der Waals surface area contributed by atoms with Crippen LogP contribution in [0.2, 0.25) is 5.02 Å². The molecule has 0 aliphatic heterocycles. The summed E-state index contributed by atoms with van der Waals surface area (Å²) in [6.45, 7) is 1.46. The van der Waals surface area contributed by atoms with E-state index in [4.69, 9.17) is 21.1 Å². The fraction of sp³-hybridized carbons (Fsp3) is 0.300. The number of methoxy groups -OCH3 is 2. The van der Waals surface area contributed by atoms with Gasteiger partial charge >= 0.3 is 0 Å². The topological polar surface area (TPSA) is 35.5 Å². The van der Waals surface area contributed by atoms with Gasteiger partial charge in [0.1, 0.15) is 0 Å². The van der Waals surface area contributed by atoms with Crippen LogP contribution >= 0.6 is 11.6 Å². The maximum atomic E-state index is 11.2. The zero-order chi connectivity index (χ0) is 10.7. The summed E-state index contributed by atoms with van der Waals surface area (Å²) in [5.41, 5.74) is 0.466. The standard InChI is InChI=1S/C10H11ClO3/c1-6(12)7-4-5-8(11)10(14-3)9(7)13-2/h4-5H,1-3H3. The first-order chi connectivity index (χ1) is 6.61. The summed E-state index contributed by atoms with van der Waals surface area (Å²) in [7, 11) is 2.95. The normalized spacial score (nSPS) is 9.71. The highest BCUT2D eigenvalue weighted by atomic mass is 35.5. The Morgan fingerprint density at radius 2 is 1.79 bits per heavy atom. The van der Waals surface area contributed by atoms with Gasteiger partial charge in [-0.1, -0.05) is 11.6 Å². The highest BCUT2D eigenvalue weighted by Gasteiger charge is 2.16. The molecule has 14 heavy (non-hydrogen) atoms. The van der Waals surface area contributed by atoms with Crippen LogP contribution in [-0.2, 0) is 0 Å². The molecule has 3 nitrogen and oxygen atoms in total. The number of hydrogen-bond donors (Lipinski definition) is 0. The summed E-state index contributed by atoms with van der Waals surface area (Å²) in [5, 5.41) is 0.425. The predicted octanol–water partition coefficient (Wildman–Crippen LogP) is 2.56. The van der Waals surface area contributed by atoms with Gasteiger partial charge in [-0.05, 0) is 19.1 Å². The van der Waals surface area contributed by atoms with Crippen molar-refractivity contribution >= 4 is 17.4 Å². The van der Waals surface area contributed by atoms with E-state index < -0.39 is 0 Å².